The molecule has 3 atom stereocenters. The molecule has 3 heterocycles. The van der Waals surface area contributed by atoms with Gasteiger partial charge in [0.05, 0.1) is 10.8 Å². The first kappa shape index (κ1) is 12.5. The smallest absolute Gasteiger partial charge is 0.270 e. The zero-order valence-electron chi connectivity index (χ0n) is 11.2. The van der Waals surface area contributed by atoms with Gasteiger partial charge in [-0.05, 0) is 19.3 Å². The van der Waals surface area contributed by atoms with E-state index in [1.165, 1.54) is 18.6 Å². The number of nitrogens with one attached hydrogen (secondary N) is 1. The van der Waals surface area contributed by atoms with E-state index in [0.29, 0.717) is 29.4 Å². The Balaban J connectivity index is 1.62. The Hall–Kier alpha value is -2.28. The maximum Gasteiger partial charge on any atom is 0.270 e. The average Bonchev–Trinajstić information content (AvgIpc) is 3.23. The number of rotatable bonds is 3. The van der Waals surface area contributed by atoms with Crippen molar-refractivity contribution < 1.29 is 9.45 Å². The maximum absolute atomic E-state index is 10.8. The van der Waals surface area contributed by atoms with E-state index in [1.807, 2.05) is 0 Å². The van der Waals surface area contributed by atoms with Gasteiger partial charge in [-0.1, -0.05) is 17.3 Å². The van der Waals surface area contributed by atoms with Crippen LogP contribution in [0.15, 0.2) is 28.8 Å². The number of hydrogen-bond acceptors (Lipinski definition) is 6. The first-order valence-corrected chi connectivity index (χ1v) is 7.05. The molecule has 2 aliphatic rings. The minimum atomic E-state index is -0.426. The molecule has 4 rings (SSSR count). The van der Waals surface area contributed by atoms with Gasteiger partial charge in [0.2, 0.25) is 11.7 Å². The lowest BCUT2D eigenvalue weighted by Gasteiger charge is -2.15. The lowest BCUT2D eigenvalue weighted by molar-refractivity contribution is -0.384. The molecule has 1 aromatic carbocycles. The van der Waals surface area contributed by atoms with Crippen LogP contribution in [0.4, 0.5) is 5.69 Å². The third kappa shape index (κ3) is 2.09. The summed E-state index contributed by atoms with van der Waals surface area (Å²) in [4.78, 5) is 14.8. The Morgan fingerprint density at radius 3 is 3.00 bits per heavy atom. The van der Waals surface area contributed by atoms with Crippen molar-refractivity contribution in [3.05, 3.63) is 40.3 Å². The monoisotopic (exact) mass is 286 g/mol. The highest BCUT2D eigenvalue weighted by Crippen LogP contribution is 2.39. The number of nitro benzene ring substituents is 1. The lowest BCUT2D eigenvalue weighted by atomic mass is 9.89. The molecular formula is C14H14N4O3. The number of benzene rings is 1. The van der Waals surface area contributed by atoms with Gasteiger partial charge in [0, 0.05) is 29.8 Å². The van der Waals surface area contributed by atoms with Gasteiger partial charge in [-0.2, -0.15) is 4.98 Å². The summed E-state index contributed by atoms with van der Waals surface area (Å²) in [7, 11) is 0. The van der Waals surface area contributed by atoms with Crippen LogP contribution in [0.25, 0.3) is 11.4 Å². The summed E-state index contributed by atoms with van der Waals surface area (Å²) < 4.78 is 5.38. The van der Waals surface area contributed by atoms with Crippen LogP contribution in [0.3, 0.4) is 0 Å². The molecule has 0 saturated carbocycles. The van der Waals surface area contributed by atoms with Gasteiger partial charge in [-0.3, -0.25) is 10.1 Å². The number of non-ortho nitro benzene ring substituents is 1. The van der Waals surface area contributed by atoms with Gasteiger partial charge in [-0.25, -0.2) is 0 Å². The van der Waals surface area contributed by atoms with Gasteiger partial charge in [0.15, 0.2) is 0 Å². The van der Waals surface area contributed by atoms with Gasteiger partial charge in [0.1, 0.15) is 0 Å². The number of nitro groups is 1. The summed E-state index contributed by atoms with van der Waals surface area (Å²) >= 11 is 0. The summed E-state index contributed by atoms with van der Waals surface area (Å²) in [5.74, 6) is 1.32. The molecule has 2 bridgehead atoms. The Bertz CT molecular complexity index is 699. The van der Waals surface area contributed by atoms with Crippen molar-refractivity contribution in [3.63, 3.8) is 0 Å². The molecule has 2 fully saturated rings. The summed E-state index contributed by atoms with van der Waals surface area (Å²) in [5, 5.41) is 18.3. The van der Waals surface area contributed by atoms with Gasteiger partial charge < -0.3 is 9.84 Å². The van der Waals surface area contributed by atoms with Crippen LogP contribution in [0, 0.1) is 10.1 Å². The standard InChI is InChI=1S/C14H14N4O3/c19-18(20)10-3-1-2-8(6-10)13-16-14(21-17-13)11-7-9-4-5-12(11)15-9/h1-3,6,9,11-12,15H,4-5,7H2. The highest BCUT2D eigenvalue weighted by Gasteiger charge is 2.42. The van der Waals surface area contributed by atoms with Gasteiger partial charge >= 0.3 is 0 Å². The average molecular weight is 286 g/mol. The van der Waals surface area contributed by atoms with Gasteiger partial charge in [-0.15, -0.1) is 0 Å². The zero-order valence-corrected chi connectivity index (χ0v) is 11.2. The molecule has 0 spiro atoms. The third-order valence-electron chi connectivity index (χ3n) is 4.37. The van der Waals surface area contributed by atoms with Crippen molar-refractivity contribution in [1.29, 1.82) is 0 Å². The van der Waals surface area contributed by atoms with Crippen molar-refractivity contribution in [2.75, 3.05) is 0 Å². The molecule has 21 heavy (non-hydrogen) atoms. The van der Waals surface area contributed by atoms with Crippen LogP contribution < -0.4 is 5.32 Å². The highest BCUT2D eigenvalue weighted by atomic mass is 16.6. The minimum absolute atomic E-state index is 0.0282. The minimum Gasteiger partial charge on any atom is -0.339 e. The lowest BCUT2D eigenvalue weighted by Crippen LogP contribution is -2.21. The van der Waals surface area contributed by atoms with E-state index in [0.717, 1.165) is 12.8 Å². The summed E-state index contributed by atoms with van der Waals surface area (Å²) in [5.41, 5.74) is 0.635. The molecule has 2 saturated heterocycles. The fraction of sp³-hybridized carbons (Fsp3) is 0.429. The fourth-order valence-corrected chi connectivity index (χ4v) is 3.36. The van der Waals surface area contributed by atoms with Crippen molar-refractivity contribution in [1.82, 2.24) is 15.5 Å². The van der Waals surface area contributed by atoms with Crippen molar-refractivity contribution in [3.8, 4) is 11.4 Å². The number of aromatic nitrogens is 2. The van der Waals surface area contributed by atoms with Crippen molar-refractivity contribution in [2.45, 2.75) is 37.3 Å². The van der Waals surface area contributed by atoms with E-state index in [4.69, 9.17) is 4.52 Å². The van der Waals surface area contributed by atoms with Crippen LogP contribution in [0.1, 0.15) is 31.1 Å². The van der Waals surface area contributed by atoms with E-state index >= 15 is 0 Å². The van der Waals surface area contributed by atoms with Crippen LogP contribution in [-0.2, 0) is 0 Å². The van der Waals surface area contributed by atoms with Crippen LogP contribution in [0.2, 0.25) is 0 Å². The predicted molar refractivity (Wildman–Crippen MR) is 73.7 cm³/mol. The van der Waals surface area contributed by atoms with Crippen LogP contribution in [-0.4, -0.2) is 27.1 Å². The third-order valence-corrected chi connectivity index (χ3v) is 4.37. The second-order valence-electron chi connectivity index (χ2n) is 5.65. The molecule has 7 nitrogen and oxygen atoms in total. The van der Waals surface area contributed by atoms with E-state index in [2.05, 4.69) is 15.5 Å². The van der Waals surface area contributed by atoms with E-state index < -0.39 is 4.92 Å². The van der Waals surface area contributed by atoms with Crippen LogP contribution >= 0.6 is 0 Å². The SMILES string of the molecule is O=[N+]([O-])c1cccc(-c2noc(C3CC4CCC3N4)n2)c1. The summed E-state index contributed by atoms with van der Waals surface area (Å²) in [6, 6.07) is 7.28. The fourth-order valence-electron chi connectivity index (χ4n) is 3.36. The number of fused-ring (bicyclic) bond motifs is 2. The maximum atomic E-state index is 10.8. The molecule has 7 heteroatoms. The normalized spacial score (nSPS) is 27.1. The Labute approximate surface area is 120 Å². The first-order valence-electron chi connectivity index (χ1n) is 7.05. The molecule has 3 unspecified atom stereocenters. The molecule has 1 N–H and O–H groups in total. The molecule has 108 valence electrons. The second kappa shape index (κ2) is 4.63. The molecule has 2 aliphatic heterocycles. The molecule has 0 aliphatic carbocycles. The molecule has 0 amide bonds. The zero-order chi connectivity index (χ0) is 14.4. The predicted octanol–water partition coefficient (Wildman–Crippen LogP) is 2.25. The van der Waals surface area contributed by atoms with E-state index in [1.54, 1.807) is 12.1 Å². The molecule has 0 radical (unpaired) electrons. The molecule has 2 aromatic rings. The first-order chi connectivity index (χ1) is 10.2. The van der Waals surface area contributed by atoms with Gasteiger partial charge in [0.25, 0.3) is 5.69 Å². The highest BCUT2D eigenvalue weighted by molar-refractivity contribution is 5.58. The van der Waals surface area contributed by atoms with Crippen molar-refractivity contribution in [2.24, 2.45) is 0 Å². The molecular weight excluding hydrogens is 272 g/mol. The van der Waals surface area contributed by atoms with Crippen molar-refractivity contribution >= 4 is 5.69 Å². The number of nitrogens with zero attached hydrogens (tertiary/aromatic N) is 3. The summed E-state index contributed by atoms with van der Waals surface area (Å²) in [6.07, 6.45) is 3.39. The Morgan fingerprint density at radius 1 is 1.38 bits per heavy atom. The van der Waals surface area contributed by atoms with E-state index in [-0.39, 0.29) is 11.6 Å². The number of hydrogen-bond donors (Lipinski definition) is 1. The largest absolute Gasteiger partial charge is 0.339 e. The molecule has 1 aromatic heterocycles. The Morgan fingerprint density at radius 2 is 2.29 bits per heavy atom. The Kier molecular flexibility index (Phi) is 2.75. The quantitative estimate of drug-likeness (QED) is 0.687. The topological polar surface area (TPSA) is 94.1 Å². The van der Waals surface area contributed by atoms with Crippen LogP contribution in [0.5, 0.6) is 0 Å². The summed E-state index contributed by atoms with van der Waals surface area (Å²) in [6.45, 7) is 0. The van der Waals surface area contributed by atoms with E-state index in [9.17, 15) is 10.1 Å². The second-order valence-corrected chi connectivity index (χ2v) is 5.65.